The monoisotopic (exact) mass is 449 g/mol. The van der Waals surface area contributed by atoms with Crippen molar-refractivity contribution in [2.45, 2.75) is 19.3 Å². The molecule has 2 aromatic heterocycles. The molecule has 1 aromatic carbocycles. The average molecular weight is 450 g/mol. The Balaban J connectivity index is 1.61. The van der Waals surface area contributed by atoms with E-state index in [1.165, 1.54) is 11.3 Å². The molecule has 1 saturated heterocycles. The van der Waals surface area contributed by atoms with Crippen molar-refractivity contribution in [3.05, 3.63) is 61.1 Å². The molecular formula is C19H13Cl2N3O2S2. The van der Waals surface area contributed by atoms with Gasteiger partial charge in [0, 0.05) is 5.56 Å². The summed E-state index contributed by atoms with van der Waals surface area (Å²) in [4.78, 5) is 13.3. The Morgan fingerprint density at radius 1 is 1.25 bits per heavy atom. The number of nitrogens with zero attached hydrogens (tertiary/aromatic N) is 2. The van der Waals surface area contributed by atoms with E-state index in [1.54, 1.807) is 30.3 Å². The van der Waals surface area contributed by atoms with Gasteiger partial charge in [0.1, 0.15) is 27.5 Å². The van der Waals surface area contributed by atoms with Gasteiger partial charge in [-0.25, -0.2) is 0 Å². The van der Waals surface area contributed by atoms with E-state index in [0.717, 1.165) is 23.2 Å². The summed E-state index contributed by atoms with van der Waals surface area (Å²) < 4.78 is 5.83. The van der Waals surface area contributed by atoms with E-state index >= 15 is 0 Å². The van der Waals surface area contributed by atoms with Crippen LogP contribution in [0.2, 0.25) is 10.0 Å². The number of benzene rings is 1. The van der Waals surface area contributed by atoms with Gasteiger partial charge in [-0.15, -0.1) is 21.5 Å². The summed E-state index contributed by atoms with van der Waals surface area (Å²) in [6, 6.07) is 8.83. The molecule has 9 heteroatoms. The standard InChI is InChI=1S/C19H13Cl2N3O2S2/c1-2-14-23-24-19(28-14)15-17(25)13(27-18(15)22)8-9-6-7-12(26-9)10-4-3-5-11(20)16(10)21/h3-8,15,22H,2H2,1H3/b13-8-,22-18?/t15-/m0/s1. The van der Waals surface area contributed by atoms with Crippen LogP contribution >= 0.6 is 46.3 Å². The Labute approximate surface area is 179 Å². The summed E-state index contributed by atoms with van der Waals surface area (Å²) in [6.45, 7) is 1.98. The highest BCUT2D eigenvalue weighted by Gasteiger charge is 2.39. The number of allylic oxidation sites excluding steroid dienone is 1. The first-order valence-electron chi connectivity index (χ1n) is 8.36. The van der Waals surface area contributed by atoms with Gasteiger partial charge in [0.15, 0.2) is 5.78 Å². The van der Waals surface area contributed by atoms with Crippen LogP contribution in [0.25, 0.3) is 17.4 Å². The molecule has 1 aliphatic heterocycles. The number of carbonyl (C=O) groups excluding carboxylic acids is 1. The van der Waals surface area contributed by atoms with Crippen molar-refractivity contribution >= 4 is 63.2 Å². The molecule has 0 aliphatic carbocycles. The topological polar surface area (TPSA) is 79.8 Å². The number of halogens is 2. The lowest BCUT2D eigenvalue weighted by atomic mass is 10.1. The summed E-state index contributed by atoms with van der Waals surface area (Å²) in [5.41, 5.74) is 0.677. The molecule has 0 saturated carbocycles. The van der Waals surface area contributed by atoms with Gasteiger partial charge < -0.3 is 4.42 Å². The second-order valence-corrected chi connectivity index (χ2v) is 8.93. The van der Waals surface area contributed by atoms with Crippen LogP contribution in [0.15, 0.2) is 39.7 Å². The highest BCUT2D eigenvalue weighted by Crippen LogP contribution is 2.42. The van der Waals surface area contributed by atoms with Gasteiger partial charge in [-0.05, 0) is 36.8 Å². The number of aromatic nitrogens is 2. The van der Waals surface area contributed by atoms with E-state index in [-0.39, 0.29) is 10.8 Å². The van der Waals surface area contributed by atoms with Gasteiger partial charge >= 0.3 is 0 Å². The molecule has 0 radical (unpaired) electrons. The summed E-state index contributed by atoms with van der Waals surface area (Å²) in [5, 5.41) is 18.9. The third kappa shape index (κ3) is 3.55. The molecule has 1 atom stereocenters. The zero-order valence-electron chi connectivity index (χ0n) is 14.5. The maximum absolute atomic E-state index is 12.8. The predicted molar refractivity (Wildman–Crippen MR) is 114 cm³/mol. The fourth-order valence-electron chi connectivity index (χ4n) is 2.74. The molecule has 4 rings (SSSR count). The first kappa shape index (κ1) is 19.4. The van der Waals surface area contributed by atoms with Crippen LogP contribution in [-0.2, 0) is 11.2 Å². The van der Waals surface area contributed by atoms with Crippen LogP contribution in [0.3, 0.4) is 0 Å². The SMILES string of the molecule is CCc1nnc([C@@H]2C(=N)S/C(=C\c3ccc(-c4cccc(Cl)c4Cl)o3)C2=O)s1. The molecule has 0 bridgehead atoms. The molecule has 0 unspecified atom stereocenters. The third-order valence-corrected chi connectivity index (χ3v) is 7.08. The summed E-state index contributed by atoms with van der Waals surface area (Å²) in [6.07, 6.45) is 2.40. The summed E-state index contributed by atoms with van der Waals surface area (Å²) in [5.74, 6) is 0.221. The summed E-state index contributed by atoms with van der Waals surface area (Å²) >= 11 is 14.8. The smallest absolute Gasteiger partial charge is 0.186 e. The molecule has 1 fully saturated rings. The molecule has 3 aromatic rings. The van der Waals surface area contributed by atoms with Crippen molar-refractivity contribution < 1.29 is 9.21 Å². The highest BCUT2D eigenvalue weighted by molar-refractivity contribution is 8.19. The van der Waals surface area contributed by atoms with E-state index in [9.17, 15) is 4.79 Å². The third-order valence-electron chi connectivity index (χ3n) is 4.14. The lowest BCUT2D eigenvalue weighted by Gasteiger charge is -2.02. The maximum atomic E-state index is 12.8. The molecule has 142 valence electrons. The van der Waals surface area contributed by atoms with Crippen LogP contribution in [0.5, 0.6) is 0 Å². The number of aryl methyl sites for hydroxylation is 1. The van der Waals surface area contributed by atoms with E-state index in [1.807, 2.05) is 13.0 Å². The lowest BCUT2D eigenvalue weighted by molar-refractivity contribution is -0.114. The van der Waals surface area contributed by atoms with E-state index in [4.69, 9.17) is 33.0 Å². The molecule has 0 amide bonds. The van der Waals surface area contributed by atoms with Crippen LogP contribution in [0.4, 0.5) is 0 Å². The van der Waals surface area contributed by atoms with Crippen LogP contribution in [0, 0.1) is 5.41 Å². The van der Waals surface area contributed by atoms with E-state index in [0.29, 0.717) is 37.0 Å². The van der Waals surface area contributed by atoms with Crippen LogP contribution in [-0.4, -0.2) is 21.0 Å². The first-order chi connectivity index (χ1) is 13.5. The van der Waals surface area contributed by atoms with Crippen LogP contribution in [0.1, 0.15) is 28.6 Å². The largest absolute Gasteiger partial charge is 0.457 e. The fourth-order valence-corrected chi connectivity index (χ4v) is 5.07. The Morgan fingerprint density at radius 3 is 2.82 bits per heavy atom. The van der Waals surface area contributed by atoms with Crippen molar-refractivity contribution in [1.29, 1.82) is 5.41 Å². The number of nitrogens with one attached hydrogen (secondary N) is 1. The van der Waals surface area contributed by atoms with E-state index in [2.05, 4.69) is 10.2 Å². The van der Waals surface area contributed by atoms with Gasteiger partial charge in [-0.1, -0.05) is 48.0 Å². The molecule has 3 heterocycles. The predicted octanol–water partition coefficient (Wildman–Crippen LogP) is 6.09. The van der Waals surface area contributed by atoms with Gasteiger partial charge in [-0.2, -0.15) is 0 Å². The second-order valence-electron chi connectivity index (χ2n) is 5.96. The van der Waals surface area contributed by atoms with Crippen molar-refractivity contribution in [3.63, 3.8) is 0 Å². The molecule has 1 aliphatic rings. The summed E-state index contributed by atoms with van der Waals surface area (Å²) in [7, 11) is 0. The van der Waals surface area contributed by atoms with Gasteiger partial charge in [0.2, 0.25) is 0 Å². The van der Waals surface area contributed by atoms with Crippen molar-refractivity contribution in [3.8, 4) is 11.3 Å². The minimum atomic E-state index is -0.675. The number of thioether (sulfide) groups is 1. The Morgan fingerprint density at radius 2 is 2.07 bits per heavy atom. The maximum Gasteiger partial charge on any atom is 0.186 e. The number of ketones is 1. The Hall–Kier alpha value is -1.93. The number of rotatable bonds is 4. The van der Waals surface area contributed by atoms with Gasteiger partial charge in [0.05, 0.1) is 20.0 Å². The quantitative estimate of drug-likeness (QED) is 0.487. The number of furan rings is 1. The molecule has 5 nitrogen and oxygen atoms in total. The Kier molecular flexibility index (Phi) is 5.42. The highest BCUT2D eigenvalue weighted by atomic mass is 35.5. The van der Waals surface area contributed by atoms with Crippen LogP contribution < -0.4 is 0 Å². The number of hydrogen-bond donors (Lipinski definition) is 1. The average Bonchev–Trinajstić information content (AvgIpc) is 3.38. The molecule has 0 spiro atoms. The minimum Gasteiger partial charge on any atom is -0.457 e. The first-order valence-corrected chi connectivity index (χ1v) is 10.8. The number of Topliss-reactive ketones (excluding diaryl/α,β-unsaturated/α-hetero) is 1. The number of carbonyl (C=O) groups is 1. The normalized spacial score (nSPS) is 18.4. The molecule has 28 heavy (non-hydrogen) atoms. The van der Waals surface area contributed by atoms with Crippen molar-refractivity contribution in [1.82, 2.24) is 10.2 Å². The zero-order chi connectivity index (χ0) is 19.8. The molecule has 1 N–H and O–H groups in total. The zero-order valence-corrected chi connectivity index (χ0v) is 17.7. The fraction of sp³-hybridized carbons (Fsp3) is 0.158. The van der Waals surface area contributed by atoms with Gasteiger partial charge in [0.25, 0.3) is 0 Å². The Bertz CT molecular complexity index is 1120. The van der Waals surface area contributed by atoms with Crippen molar-refractivity contribution in [2.24, 2.45) is 0 Å². The lowest BCUT2D eigenvalue weighted by Crippen LogP contribution is -2.11. The second kappa shape index (κ2) is 7.83. The van der Waals surface area contributed by atoms with Crippen molar-refractivity contribution in [2.75, 3.05) is 0 Å². The minimum absolute atomic E-state index is 0.160. The van der Waals surface area contributed by atoms with E-state index < -0.39 is 5.92 Å². The molecular weight excluding hydrogens is 437 g/mol. The number of hydrogen-bond acceptors (Lipinski definition) is 7. The van der Waals surface area contributed by atoms with Gasteiger partial charge in [-0.3, -0.25) is 10.2 Å².